The van der Waals surface area contributed by atoms with Gasteiger partial charge in [0.1, 0.15) is 0 Å². The van der Waals surface area contributed by atoms with Crippen molar-refractivity contribution in [2.75, 3.05) is 12.0 Å². The topological polar surface area (TPSA) is 72.8 Å². The Morgan fingerprint density at radius 3 is 2.75 bits per heavy atom. The Morgan fingerprint density at radius 2 is 2.07 bits per heavy atom. The standard InChI is InChI=1S/C20H18BrN3O3S/c1-3-26-17-9-15(11-22-24-20-23-13(2)12-28-20)16(21)10-18(17)27-19(25)14-7-5-4-6-8-14/h4-12H,3H2,1-2H3,(H,23,24). The number of halogens is 1. The number of esters is 1. The largest absolute Gasteiger partial charge is 0.490 e. The summed E-state index contributed by atoms with van der Waals surface area (Å²) in [4.78, 5) is 16.6. The quantitative estimate of drug-likeness (QED) is 0.225. The summed E-state index contributed by atoms with van der Waals surface area (Å²) in [5.74, 6) is 0.348. The minimum atomic E-state index is -0.448. The van der Waals surface area contributed by atoms with Crippen LogP contribution < -0.4 is 14.9 Å². The van der Waals surface area contributed by atoms with Crippen molar-refractivity contribution >= 4 is 44.6 Å². The highest BCUT2D eigenvalue weighted by atomic mass is 79.9. The van der Waals surface area contributed by atoms with E-state index in [1.54, 1.807) is 42.6 Å². The van der Waals surface area contributed by atoms with Crippen molar-refractivity contribution in [3.63, 3.8) is 0 Å². The van der Waals surface area contributed by atoms with Gasteiger partial charge >= 0.3 is 5.97 Å². The first kappa shape index (κ1) is 20.0. The van der Waals surface area contributed by atoms with Crippen LogP contribution in [0.3, 0.4) is 0 Å². The maximum atomic E-state index is 12.4. The molecule has 2 aromatic carbocycles. The molecule has 3 rings (SSSR count). The fraction of sp³-hybridized carbons (Fsp3) is 0.150. The zero-order valence-corrected chi connectivity index (χ0v) is 17.7. The van der Waals surface area contributed by atoms with Gasteiger partial charge in [-0.1, -0.05) is 18.2 Å². The lowest BCUT2D eigenvalue weighted by Crippen LogP contribution is -2.10. The molecule has 1 aromatic heterocycles. The van der Waals surface area contributed by atoms with Crippen LogP contribution in [0.25, 0.3) is 0 Å². The van der Waals surface area contributed by atoms with Gasteiger partial charge in [-0.15, -0.1) is 11.3 Å². The second-order valence-electron chi connectivity index (χ2n) is 5.67. The molecule has 0 aliphatic carbocycles. The number of ether oxygens (including phenoxy) is 2. The van der Waals surface area contributed by atoms with Gasteiger partial charge in [-0.05, 0) is 54.0 Å². The summed E-state index contributed by atoms with van der Waals surface area (Å²) < 4.78 is 11.9. The van der Waals surface area contributed by atoms with Crippen molar-refractivity contribution in [3.05, 3.63) is 69.1 Å². The van der Waals surface area contributed by atoms with Crippen molar-refractivity contribution in [1.82, 2.24) is 4.98 Å². The Morgan fingerprint density at radius 1 is 1.29 bits per heavy atom. The van der Waals surface area contributed by atoms with E-state index >= 15 is 0 Å². The molecule has 6 nitrogen and oxygen atoms in total. The number of anilines is 1. The highest BCUT2D eigenvalue weighted by Crippen LogP contribution is 2.34. The Bertz CT molecular complexity index is 990. The molecule has 0 bridgehead atoms. The zero-order chi connectivity index (χ0) is 19.9. The number of hydrazone groups is 1. The minimum absolute atomic E-state index is 0.336. The normalized spacial score (nSPS) is 10.8. The first-order valence-electron chi connectivity index (χ1n) is 8.51. The summed E-state index contributed by atoms with van der Waals surface area (Å²) in [6.45, 7) is 4.22. The van der Waals surface area contributed by atoms with Crippen LogP contribution in [0.15, 0.2) is 57.4 Å². The van der Waals surface area contributed by atoms with E-state index in [-0.39, 0.29) is 0 Å². The van der Waals surface area contributed by atoms with Gasteiger partial charge in [-0.3, -0.25) is 5.43 Å². The Hall–Kier alpha value is -2.71. The molecule has 1 heterocycles. The average molecular weight is 460 g/mol. The molecule has 3 aromatic rings. The minimum Gasteiger partial charge on any atom is -0.490 e. The summed E-state index contributed by atoms with van der Waals surface area (Å²) in [7, 11) is 0. The molecule has 0 unspecified atom stereocenters. The third-order valence-corrected chi connectivity index (χ3v) is 5.11. The number of nitrogens with one attached hydrogen (secondary N) is 1. The first-order valence-corrected chi connectivity index (χ1v) is 10.2. The summed E-state index contributed by atoms with van der Waals surface area (Å²) in [5.41, 5.74) is 5.06. The molecule has 0 fully saturated rings. The van der Waals surface area contributed by atoms with Crippen molar-refractivity contribution in [2.45, 2.75) is 13.8 Å². The fourth-order valence-corrected chi connectivity index (χ4v) is 3.35. The van der Waals surface area contributed by atoms with Crippen LogP contribution in [-0.4, -0.2) is 23.8 Å². The highest BCUT2D eigenvalue weighted by Gasteiger charge is 2.15. The van der Waals surface area contributed by atoms with Crippen LogP contribution in [0.4, 0.5) is 5.13 Å². The van der Waals surface area contributed by atoms with Gasteiger partial charge in [0.2, 0.25) is 5.13 Å². The lowest BCUT2D eigenvalue weighted by atomic mass is 10.2. The lowest BCUT2D eigenvalue weighted by molar-refractivity contribution is 0.0728. The number of aryl methyl sites for hydroxylation is 1. The van der Waals surface area contributed by atoms with E-state index < -0.39 is 5.97 Å². The molecule has 0 aliphatic rings. The van der Waals surface area contributed by atoms with E-state index in [4.69, 9.17) is 9.47 Å². The van der Waals surface area contributed by atoms with E-state index in [0.29, 0.717) is 33.3 Å². The SMILES string of the molecule is CCOc1cc(C=NNc2nc(C)cs2)c(Br)cc1OC(=O)c1ccccc1. The molecule has 0 atom stereocenters. The Kier molecular flexibility index (Phi) is 6.78. The van der Waals surface area contributed by atoms with E-state index in [1.807, 2.05) is 25.3 Å². The number of nitrogens with zero attached hydrogens (tertiary/aromatic N) is 2. The van der Waals surface area contributed by atoms with Gasteiger partial charge in [0.25, 0.3) is 0 Å². The molecule has 0 radical (unpaired) electrons. The number of carbonyl (C=O) groups is 1. The summed E-state index contributed by atoms with van der Waals surface area (Å²) in [6.07, 6.45) is 1.64. The van der Waals surface area contributed by atoms with Crippen LogP contribution >= 0.6 is 27.3 Å². The second kappa shape index (κ2) is 9.48. The molecule has 0 saturated carbocycles. The first-order chi connectivity index (χ1) is 13.6. The number of hydrogen-bond donors (Lipinski definition) is 1. The highest BCUT2D eigenvalue weighted by molar-refractivity contribution is 9.10. The van der Waals surface area contributed by atoms with Crippen molar-refractivity contribution in [1.29, 1.82) is 0 Å². The van der Waals surface area contributed by atoms with E-state index in [0.717, 1.165) is 11.3 Å². The van der Waals surface area contributed by atoms with Crippen molar-refractivity contribution in [2.24, 2.45) is 5.10 Å². The van der Waals surface area contributed by atoms with Crippen LogP contribution in [0.2, 0.25) is 0 Å². The molecule has 28 heavy (non-hydrogen) atoms. The van der Waals surface area contributed by atoms with Crippen LogP contribution in [-0.2, 0) is 0 Å². The predicted molar refractivity (Wildman–Crippen MR) is 115 cm³/mol. The number of thiazole rings is 1. The molecule has 1 N–H and O–H groups in total. The van der Waals surface area contributed by atoms with Gasteiger partial charge in [0.05, 0.1) is 24.1 Å². The molecule has 0 amide bonds. The van der Waals surface area contributed by atoms with Gasteiger partial charge in [0, 0.05) is 15.4 Å². The van der Waals surface area contributed by atoms with Crippen LogP contribution in [0.1, 0.15) is 28.5 Å². The lowest BCUT2D eigenvalue weighted by Gasteiger charge is -2.12. The number of hydrogen-bond acceptors (Lipinski definition) is 7. The van der Waals surface area contributed by atoms with Gasteiger partial charge < -0.3 is 9.47 Å². The van der Waals surface area contributed by atoms with E-state index in [9.17, 15) is 4.79 Å². The van der Waals surface area contributed by atoms with Crippen LogP contribution in [0.5, 0.6) is 11.5 Å². The maximum Gasteiger partial charge on any atom is 0.343 e. The number of carbonyl (C=O) groups excluding carboxylic acids is 1. The molecule has 144 valence electrons. The van der Waals surface area contributed by atoms with Crippen molar-refractivity contribution < 1.29 is 14.3 Å². The van der Waals surface area contributed by atoms with Gasteiger partial charge in [0.15, 0.2) is 11.5 Å². The van der Waals surface area contributed by atoms with Gasteiger partial charge in [-0.25, -0.2) is 9.78 Å². The van der Waals surface area contributed by atoms with E-state index in [1.165, 1.54) is 11.3 Å². The second-order valence-corrected chi connectivity index (χ2v) is 7.39. The average Bonchev–Trinajstić information content (AvgIpc) is 3.11. The summed E-state index contributed by atoms with van der Waals surface area (Å²) in [6, 6.07) is 12.3. The monoisotopic (exact) mass is 459 g/mol. The van der Waals surface area contributed by atoms with Gasteiger partial charge in [-0.2, -0.15) is 5.10 Å². The fourth-order valence-electron chi connectivity index (χ4n) is 2.29. The van der Waals surface area contributed by atoms with Crippen LogP contribution in [0, 0.1) is 6.92 Å². The van der Waals surface area contributed by atoms with Crippen molar-refractivity contribution in [3.8, 4) is 11.5 Å². The molecular weight excluding hydrogens is 442 g/mol. The van der Waals surface area contributed by atoms with E-state index in [2.05, 4.69) is 31.4 Å². The molecule has 0 spiro atoms. The predicted octanol–water partition coefficient (Wildman–Crippen LogP) is 5.28. The maximum absolute atomic E-state index is 12.4. The number of aromatic nitrogens is 1. The number of benzene rings is 2. The Labute approximate surface area is 175 Å². The molecule has 0 saturated heterocycles. The Balaban J connectivity index is 1.80. The molecule has 8 heteroatoms. The zero-order valence-electron chi connectivity index (χ0n) is 15.3. The molecular formula is C20H18BrN3O3S. The smallest absolute Gasteiger partial charge is 0.343 e. The molecule has 0 aliphatic heterocycles. The third-order valence-electron chi connectivity index (χ3n) is 3.56. The summed E-state index contributed by atoms with van der Waals surface area (Å²) in [5, 5.41) is 6.86. The third kappa shape index (κ3) is 5.17. The number of rotatable bonds is 7. The summed E-state index contributed by atoms with van der Waals surface area (Å²) >= 11 is 4.97.